The van der Waals surface area contributed by atoms with Gasteiger partial charge >= 0.3 is 0 Å². The largest absolute Gasteiger partial charge is 0.299 e. The van der Waals surface area contributed by atoms with Crippen molar-refractivity contribution in [2.45, 2.75) is 52.9 Å². The Morgan fingerprint density at radius 2 is 1.60 bits per heavy atom. The average molecular weight is 272 g/mol. The van der Waals surface area contributed by atoms with Crippen LogP contribution in [0.1, 0.15) is 64.7 Å². The van der Waals surface area contributed by atoms with Gasteiger partial charge in [-0.05, 0) is 55.9 Å². The summed E-state index contributed by atoms with van der Waals surface area (Å²) >= 11 is 0. The van der Waals surface area contributed by atoms with Crippen LogP contribution in [0, 0.1) is 20.8 Å². The van der Waals surface area contributed by atoms with Crippen molar-refractivity contribution in [3.8, 4) is 0 Å². The lowest BCUT2D eigenvalue weighted by Gasteiger charge is -2.26. The molecule has 1 fully saturated rings. The lowest BCUT2D eigenvalue weighted by molar-refractivity contribution is -0.130. The molecule has 0 bridgehead atoms. The van der Waals surface area contributed by atoms with Gasteiger partial charge < -0.3 is 0 Å². The number of hydrogen-bond acceptors (Lipinski definition) is 3. The molecule has 0 N–H and O–H groups in total. The smallest absolute Gasteiger partial charge is 0.160 e. The molecule has 106 valence electrons. The zero-order valence-electron chi connectivity index (χ0n) is 12.5. The van der Waals surface area contributed by atoms with E-state index in [1.807, 2.05) is 26.8 Å². The summed E-state index contributed by atoms with van der Waals surface area (Å²) in [6, 6.07) is 1.99. The third-order valence-corrected chi connectivity index (χ3v) is 4.13. The minimum Gasteiger partial charge on any atom is -0.299 e. The SMILES string of the molecule is CC(=O)c1c(C)cc(C)c(C2CC(=O)CC(=O)C2)c1C. The van der Waals surface area contributed by atoms with Crippen molar-refractivity contribution in [2.75, 3.05) is 0 Å². The van der Waals surface area contributed by atoms with Crippen LogP contribution in [0.5, 0.6) is 0 Å². The van der Waals surface area contributed by atoms with Gasteiger partial charge in [-0.15, -0.1) is 0 Å². The van der Waals surface area contributed by atoms with E-state index in [-0.39, 0.29) is 29.7 Å². The Morgan fingerprint density at radius 3 is 2.10 bits per heavy atom. The molecule has 1 aromatic carbocycles. The van der Waals surface area contributed by atoms with Crippen LogP contribution in [0.25, 0.3) is 0 Å². The van der Waals surface area contributed by atoms with Crippen LogP contribution in [-0.2, 0) is 9.59 Å². The fourth-order valence-electron chi connectivity index (χ4n) is 3.56. The molecule has 1 aliphatic carbocycles. The molecular formula is C17H20O3. The van der Waals surface area contributed by atoms with Crippen LogP contribution in [0.15, 0.2) is 6.07 Å². The van der Waals surface area contributed by atoms with Crippen molar-refractivity contribution >= 4 is 17.3 Å². The molecular weight excluding hydrogens is 252 g/mol. The molecule has 3 heteroatoms. The van der Waals surface area contributed by atoms with Gasteiger partial charge in [0.2, 0.25) is 0 Å². The second-order valence-corrected chi connectivity index (χ2v) is 5.84. The van der Waals surface area contributed by atoms with Crippen LogP contribution in [-0.4, -0.2) is 17.3 Å². The van der Waals surface area contributed by atoms with Crippen molar-refractivity contribution in [3.05, 3.63) is 33.9 Å². The van der Waals surface area contributed by atoms with Crippen molar-refractivity contribution in [1.29, 1.82) is 0 Å². The van der Waals surface area contributed by atoms with E-state index >= 15 is 0 Å². The minimum atomic E-state index is -0.0672. The van der Waals surface area contributed by atoms with Gasteiger partial charge in [0.1, 0.15) is 11.6 Å². The molecule has 0 radical (unpaired) electrons. The van der Waals surface area contributed by atoms with Crippen molar-refractivity contribution < 1.29 is 14.4 Å². The summed E-state index contributed by atoms with van der Waals surface area (Å²) in [7, 11) is 0. The fraction of sp³-hybridized carbons (Fsp3) is 0.471. The molecule has 20 heavy (non-hydrogen) atoms. The van der Waals surface area contributed by atoms with Gasteiger partial charge in [-0.3, -0.25) is 14.4 Å². The monoisotopic (exact) mass is 272 g/mol. The topological polar surface area (TPSA) is 51.2 Å². The van der Waals surface area contributed by atoms with Crippen LogP contribution in [0.3, 0.4) is 0 Å². The molecule has 1 aromatic rings. The molecule has 1 aliphatic rings. The Labute approximate surface area is 119 Å². The van der Waals surface area contributed by atoms with Crippen molar-refractivity contribution in [2.24, 2.45) is 0 Å². The molecule has 0 saturated heterocycles. The van der Waals surface area contributed by atoms with Gasteiger partial charge in [-0.1, -0.05) is 6.07 Å². The number of carbonyl (C=O) groups excluding carboxylic acids is 3. The molecule has 1 saturated carbocycles. The zero-order chi connectivity index (χ0) is 15.0. The van der Waals surface area contributed by atoms with E-state index in [1.54, 1.807) is 6.92 Å². The van der Waals surface area contributed by atoms with Crippen LogP contribution in [0.2, 0.25) is 0 Å². The van der Waals surface area contributed by atoms with Gasteiger partial charge in [0.05, 0.1) is 6.42 Å². The molecule has 0 aliphatic heterocycles. The Hall–Kier alpha value is -1.77. The number of rotatable bonds is 2. The molecule has 0 aromatic heterocycles. The summed E-state index contributed by atoms with van der Waals surface area (Å²) in [5, 5.41) is 0. The van der Waals surface area contributed by atoms with Gasteiger partial charge in [0.15, 0.2) is 5.78 Å². The maximum Gasteiger partial charge on any atom is 0.160 e. The molecule has 0 spiro atoms. The second kappa shape index (κ2) is 5.31. The molecule has 0 heterocycles. The van der Waals surface area contributed by atoms with E-state index in [1.165, 1.54) is 0 Å². The van der Waals surface area contributed by atoms with E-state index in [2.05, 4.69) is 0 Å². The number of aryl methyl sites for hydroxylation is 2. The first-order valence-electron chi connectivity index (χ1n) is 6.96. The van der Waals surface area contributed by atoms with Gasteiger partial charge in [-0.25, -0.2) is 0 Å². The maximum atomic E-state index is 11.8. The highest BCUT2D eigenvalue weighted by molar-refractivity contribution is 6.02. The van der Waals surface area contributed by atoms with Gasteiger partial charge in [0, 0.05) is 18.4 Å². The first kappa shape index (κ1) is 14.6. The van der Waals surface area contributed by atoms with E-state index in [9.17, 15) is 14.4 Å². The Balaban J connectivity index is 2.56. The lowest BCUT2D eigenvalue weighted by Crippen LogP contribution is -2.23. The third-order valence-electron chi connectivity index (χ3n) is 4.13. The Kier molecular flexibility index (Phi) is 3.89. The maximum absolute atomic E-state index is 11.8. The second-order valence-electron chi connectivity index (χ2n) is 5.84. The fourth-order valence-corrected chi connectivity index (χ4v) is 3.56. The third kappa shape index (κ3) is 2.58. The van der Waals surface area contributed by atoms with E-state index in [0.29, 0.717) is 12.8 Å². The van der Waals surface area contributed by atoms with E-state index < -0.39 is 0 Å². The molecule has 0 atom stereocenters. The summed E-state index contributed by atoms with van der Waals surface area (Å²) in [4.78, 5) is 35.2. The summed E-state index contributed by atoms with van der Waals surface area (Å²) in [5.74, 6) is -0.0119. The lowest BCUT2D eigenvalue weighted by atomic mass is 9.77. The van der Waals surface area contributed by atoms with E-state index in [0.717, 1.165) is 27.8 Å². The highest BCUT2D eigenvalue weighted by Crippen LogP contribution is 2.36. The van der Waals surface area contributed by atoms with Crippen molar-refractivity contribution in [3.63, 3.8) is 0 Å². The first-order valence-corrected chi connectivity index (χ1v) is 6.96. The molecule has 0 unspecified atom stereocenters. The van der Waals surface area contributed by atoms with E-state index in [4.69, 9.17) is 0 Å². The standard InChI is InChI=1S/C17H20O3/c1-9-5-10(2)17(11(3)16(9)12(4)18)13-6-14(19)8-15(20)7-13/h5,13H,6-8H2,1-4H3. The van der Waals surface area contributed by atoms with Gasteiger partial charge in [-0.2, -0.15) is 0 Å². The van der Waals surface area contributed by atoms with Crippen molar-refractivity contribution in [1.82, 2.24) is 0 Å². The van der Waals surface area contributed by atoms with Gasteiger partial charge in [0.25, 0.3) is 0 Å². The highest BCUT2D eigenvalue weighted by atomic mass is 16.1. The van der Waals surface area contributed by atoms with Crippen LogP contribution in [0.4, 0.5) is 0 Å². The summed E-state index contributed by atoms with van der Waals surface area (Å²) in [6.45, 7) is 7.40. The Morgan fingerprint density at radius 1 is 1.05 bits per heavy atom. The summed E-state index contributed by atoms with van der Waals surface area (Å²) in [6.07, 6.45) is 0.891. The molecule has 0 amide bonds. The van der Waals surface area contributed by atoms with Crippen LogP contribution < -0.4 is 0 Å². The highest BCUT2D eigenvalue weighted by Gasteiger charge is 2.29. The molecule has 2 rings (SSSR count). The summed E-state index contributed by atoms with van der Waals surface area (Å²) < 4.78 is 0. The predicted molar refractivity (Wildman–Crippen MR) is 77.3 cm³/mol. The minimum absolute atomic E-state index is 0.00926. The number of ketones is 3. The number of benzene rings is 1. The Bertz CT molecular complexity index is 595. The quantitative estimate of drug-likeness (QED) is 0.613. The normalized spacial score (nSPS) is 16.6. The number of carbonyl (C=O) groups is 3. The predicted octanol–water partition coefficient (Wildman–Crippen LogP) is 3.22. The number of hydrogen-bond donors (Lipinski definition) is 0. The molecule has 3 nitrogen and oxygen atoms in total. The number of Topliss-reactive ketones (excluding diaryl/α,β-unsaturated/α-hetero) is 3. The van der Waals surface area contributed by atoms with Crippen LogP contribution >= 0.6 is 0 Å². The first-order chi connectivity index (χ1) is 9.31. The zero-order valence-corrected chi connectivity index (χ0v) is 12.5. The average Bonchev–Trinajstić information content (AvgIpc) is 2.25. The summed E-state index contributed by atoms with van der Waals surface area (Å²) in [5.41, 5.74) is 4.71.